The van der Waals surface area contributed by atoms with Crippen molar-refractivity contribution in [1.29, 1.82) is 0 Å². The lowest BCUT2D eigenvalue weighted by molar-refractivity contribution is -0.147. The summed E-state index contributed by atoms with van der Waals surface area (Å²) in [5, 5.41) is 25.4. The summed E-state index contributed by atoms with van der Waals surface area (Å²) in [6.07, 6.45) is -1.38. The van der Waals surface area contributed by atoms with E-state index in [4.69, 9.17) is 4.74 Å². The Morgan fingerprint density at radius 3 is 2.46 bits per heavy atom. The van der Waals surface area contributed by atoms with E-state index in [0.29, 0.717) is 22.4 Å². The van der Waals surface area contributed by atoms with Gasteiger partial charge in [0.05, 0.1) is 31.2 Å². The van der Waals surface area contributed by atoms with Gasteiger partial charge in [0.1, 0.15) is 17.9 Å². The van der Waals surface area contributed by atoms with E-state index in [0.717, 1.165) is 0 Å². The number of aromatic hydroxyl groups is 1. The highest BCUT2D eigenvalue weighted by Gasteiger charge is 2.64. The smallest absolute Gasteiger partial charge is 0.272 e. The maximum atomic E-state index is 14.9. The molecule has 0 spiro atoms. The van der Waals surface area contributed by atoms with E-state index in [1.54, 1.807) is 13.8 Å². The molecular weight excluding hydrogens is 464 g/mol. The van der Waals surface area contributed by atoms with E-state index in [1.807, 2.05) is 0 Å². The average Bonchev–Trinajstić information content (AvgIpc) is 2.97. The van der Waals surface area contributed by atoms with E-state index in [-0.39, 0.29) is 17.9 Å². The largest absolute Gasteiger partial charge is 0.508 e. The van der Waals surface area contributed by atoms with Crippen molar-refractivity contribution in [3.05, 3.63) is 28.8 Å². The Hall–Kier alpha value is -2.79. The minimum atomic E-state index is -3.40. The molecule has 1 aromatic rings. The number of carbonyl (C=O) groups excluding carboxylic acids is 3. The van der Waals surface area contributed by atoms with Gasteiger partial charge in [-0.2, -0.15) is 0 Å². The van der Waals surface area contributed by atoms with Gasteiger partial charge in [0.15, 0.2) is 0 Å². The van der Waals surface area contributed by atoms with E-state index < -0.39 is 60.3 Å². The Kier molecular flexibility index (Phi) is 8.83. The van der Waals surface area contributed by atoms with Crippen molar-refractivity contribution in [2.24, 2.45) is 5.41 Å². The van der Waals surface area contributed by atoms with Crippen molar-refractivity contribution >= 4 is 17.7 Å². The second kappa shape index (κ2) is 10.9. The van der Waals surface area contributed by atoms with Crippen LogP contribution in [0, 0.1) is 19.3 Å². The number of benzene rings is 1. The highest BCUT2D eigenvalue weighted by atomic mass is 19.3. The van der Waals surface area contributed by atoms with E-state index in [2.05, 4.69) is 10.6 Å². The monoisotopic (exact) mass is 499 g/mol. The Bertz CT molecular complexity index is 969. The molecule has 11 heteroatoms. The molecule has 1 fully saturated rings. The minimum Gasteiger partial charge on any atom is -0.508 e. The van der Waals surface area contributed by atoms with Crippen molar-refractivity contribution in [2.75, 3.05) is 26.8 Å². The summed E-state index contributed by atoms with van der Waals surface area (Å²) in [4.78, 5) is 39.2. The number of nitrogens with zero attached hydrogens (tertiary/aromatic N) is 1. The zero-order valence-electron chi connectivity index (χ0n) is 20.9. The van der Waals surface area contributed by atoms with Gasteiger partial charge in [0.25, 0.3) is 17.7 Å². The van der Waals surface area contributed by atoms with Gasteiger partial charge < -0.3 is 30.5 Å². The minimum absolute atomic E-state index is 0.0824. The molecule has 9 nitrogen and oxygen atoms in total. The van der Waals surface area contributed by atoms with Crippen molar-refractivity contribution in [1.82, 2.24) is 15.5 Å². The second-order valence-corrected chi connectivity index (χ2v) is 9.55. The number of hydrogen-bond acceptors (Lipinski definition) is 6. The summed E-state index contributed by atoms with van der Waals surface area (Å²) < 4.78 is 34.7. The van der Waals surface area contributed by atoms with E-state index in [1.165, 1.54) is 40.0 Å². The number of amides is 3. The number of aryl methyl sites for hydroxylation is 1. The number of alkyl halides is 2. The fourth-order valence-electron chi connectivity index (χ4n) is 4.15. The number of hydrogen-bond donors (Lipinski definition) is 4. The van der Waals surface area contributed by atoms with Crippen LogP contribution in [0.1, 0.15) is 48.7 Å². The van der Waals surface area contributed by atoms with Gasteiger partial charge in [-0.1, -0.05) is 20.8 Å². The molecule has 3 atom stereocenters. The predicted molar refractivity (Wildman–Crippen MR) is 124 cm³/mol. The first-order valence-corrected chi connectivity index (χ1v) is 11.4. The third-order valence-electron chi connectivity index (χ3n) is 6.56. The Morgan fingerprint density at radius 2 is 1.89 bits per heavy atom. The van der Waals surface area contributed by atoms with Gasteiger partial charge in [0, 0.05) is 18.2 Å². The molecule has 2 rings (SSSR count). The number of aliphatic hydroxyl groups is 1. The van der Waals surface area contributed by atoms with Crippen molar-refractivity contribution in [2.45, 2.75) is 65.1 Å². The summed E-state index contributed by atoms with van der Waals surface area (Å²) >= 11 is 0. The normalized spacial score (nSPS) is 20.3. The van der Waals surface area contributed by atoms with Crippen LogP contribution in [0.4, 0.5) is 8.78 Å². The standard InChI is InChI=1S/C24H35F2N3O6/c1-7-15(11-35-6)28-21(33)19-23(4,5)24(25,26)12-29(19)22(34)18(31)10-27-20(32)16-8-13(2)9-17(30)14(16)3/h8-9,15,18-19,30-31H,7,10-12H2,1-6H3,(H,27,32)(H,28,33)/t15-,18-,19+/m0/s1. The van der Waals surface area contributed by atoms with Gasteiger partial charge in [-0.25, -0.2) is 8.78 Å². The molecule has 0 bridgehead atoms. The van der Waals surface area contributed by atoms with Crippen LogP contribution in [0.3, 0.4) is 0 Å². The molecule has 1 aliphatic heterocycles. The van der Waals surface area contributed by atoms with E-state index in [9.17, 15) is 33.4 Å². The first-order chi connectivity index (χ1) is 16.2. The van der Waals surface area contributed by atoms with Gasteiger partial charge in [-0.15, -0.1) is 0 Å². The zero-order chi connectivity index (χ0) is 26.7. The molecule has 0 saturated carbocycles. The van der Waals surface area contributed by atoms with E-state index >= 15 is 0 Å². The summed E-state index contributed by atoms with van der Waals surface area (Å²) in [6.45, 7) is 5.97. The Labute approximate surface area is 203 Å². The Balaban J connectivity index is 2.19. The van der Waals surface area contributed by atoms with Crippen LogP contribution < -0.4 is 10.6 Å². The highest BCUT2D eigenvalue weighted by Crippen LogP contribution is 2.48. The third kappa shape index (κ3) is 5.90. The molecule has 1 aliphatic rings. The fraction of sp³-hybridized carbons (Fsp3) is 0.625. The molecule has 0 aliphatic carbocycles. The molecule has 3 amide bonds. The maximum absolute atomic E-state index is 14.9. The number of carbonyl (C=O) groups is 3. The number of aliphatic hydroxyl groups excluding tert-OH is 1. The lowest BCUT2D eigenvalue weighted by Crippen LogP contribution is -2.57. The molecule has 1 saturated heterocycles. The van der Waals surface area contributed by atoms with Gasteiger partial charge in [0.2, 0.25) is 5.91 Å². The molecule has 4 N–H and O–H groups in total. The van der Waals surface area contributed by atoms with Crippen molar-refractivity contribution < 1.29 is 38.1 Å². The van der Waals surface area contributed by atoms with Gasteiger partial charge in [-0.3, -0.25) is 14.4 Å². The van der Waals surface area contributed by atoms with Crippen molar-refractivity contribution in [3.8, 4) is 5.75 Å². The van der Waals surface area contributed by atoms with Crippen LogP contribution in [0.2, 0.25) is 0 Å². The second-order valence-electron chi connectivity index (χ2n) is 9.55. The molecule has 1 heterocycles. The number of rotatable bonds is 9. The summed E-state index contributed by atoms with van der Waals surface area (Å²) in [5.41, 5.74) is -0.814. The van der Waals surface area contributed by atoms with Crippen molar-refractivity contribution in [3.63, 3.8) is 0 Å². The average molecular weight is 500 g/mol. The van der Waals surface area contributed by atoms with Crippen LogP contribution in [-0.4, -0.2) is 83.8 Å². The lowest BCUT2D eigenvalue weighted by atomic mass is 9.81. The fourth-order valence-corrected chi connectivity index (χ4v) is 4.15. The highest BCUT2D eigenvalue weighted by molar-refractivity contribution is 5.97. The third-order valence-corrected chi connectivity index (χ3v) is 6.56. The van der Waals surface area contributed by atoms with Crippen LogP contribution >= 0.6 is 0 Å². The molecule has 0 aromatic heterocycles. The number of nitrogens with one attached hydrogen (secondary N) is 2. The van der Waals surface area contributed by atoms with Gasteiger partial charge in [-0.05, 0) is 38.0 Å². The quantitative estimate of drug-likeness (QED) is 0.408. The zero-order valence-corrected chi connectivity index (χ0v) is 20.9. The number of likely N-dealkylation sites (tertiary alicyclic amines) is 1. The summed E-state index contributed by atoms with van der Waals surface area (Å²) in [5.74, 6) is -6.00. The number of halogens is 2. The maximum Gasteiger partial charge on any atom is 0.272 e. The number of phenolic OH excluding ortho intramolecular Hbond substituents is 1. The van der Waals surface area contributed by atoms with Crippen LogP contribution in [0.25, 0.3) is 0 Å². The number of ether oxygens (including phenoxy) is 1. The lowest BCUT2D eigenvalue weighted by Gasteiger charge is -2.34. The number of methoxy groups -OCH3 is 1. The molecule has 0 unspecified atom stereocenters. The first-order valence-electron chi connectivity index (χ1n) is 11.4. The Morgan fingerprint density at radius 1 is 1.26 bits per heavy atom. The first kappa shape index (κ1) is 28.4. The topological polar surface area (TPSA) is 128 Å². The SMILES string of the molecule is CC[C@@H](COC)NC(=O)[C@H]1N(C(=O)[C@@H](O)CNC(=O)c2cc(C)cc(O)c2C)CC(F)(F)C1(C)C. The molecule has 196 valence electrons. The van der Waals surface area contributed by atoms with Crippen LogP contribution in [0.15, 0.2) is 12.1 Å². The predicted octanol–water partition coefficient (Wildman–Crippen LogP) is 1.51. The number of phenols is 1. The summed E-state index contributed by atoms with van der Waals surface area (Å²) in [6, 6.07) is 1.04. The van der Waals surface area contributed by atoms with Crippen LogP contribution in [-0.2, 0) is 14.3 Å². The molecule has 1 aromatic carbocycles. The molecule has 0 radical (unpaired) electrons. The molecule has 35 heavy (non-hydrogen) atoms. The summed E-state index contributed by atoms with van der Waals surface area (Å²) in [7, 11) is 1.45. The van der Waals surface area contributed by atoms with Crippen LogP contribution in [0.5, 0.6) is 5.75 Å². The molecular formula is C24H35F2N3O6. The van der Waals surface area contributed by atoms with Gasteiger partial charge >= 0.3 is 0 Å².